The average molecular weight is 496 g/mol. The Bertz CT molecular complexity index is 1450. The standard InChI is InChI=1S/C28H22ClN5O2/c1-32-27-26(22-10-14-30-15-11-22)24(20-6-8-23(29)9-7-20)13-17-33(27)28(35)34(32)18-19-2-4-21(5-3-19)25-12-16-31-36-25/h2-17,27H,18H2,1H3. The molecule has 1 fully saturated rings. The second kappa shape index (κ2) is 9.11. The van der Waals surface area contributed by atoms with Crippen molar-refractivity contribution in [3.63, 3.8) is 0 Å². The lowest BCUT2D eigenvalue weighted by molar-refractivity contribution is 0.0531. The molecule has 2 amide bonds. The maximum absolute atomic E-state index is 13.6. The molecule has 1 saturated heterocycles. The summed E-state index contributed by atoms with van der Waals surface area (Å²) in [6, 6.07) is 21.4. The minimum absolute atomic E-state index is 0.0835. The summed E-state index contributed by atoms with van der Waals surface area (Å²) in [6.45, 7) is 0.437. The van der Waals surface area contributed by atoms with Gasteiger partial charge in [-0.3, -0.25) is 14.9 Å². The van der Waals surface area contributed by atoms with E-state index in [1.54, 1.807) is 28.5 Å². The Morgan fingerprint density at radius 3 is 2.31 bits per heavy atom. The zero-order chi connectivity index (χ0) is 24.6. The monoisotopic (exact) mass is 495 g/mol. The predicted octanol–water partition coefficient (Wildman–Crippen LogP) is 5.94. The first-order valence-electron chi connectivity index (χ1n) is 11.5. The van der Waals surface area contributed by atoms with Crippen LogP contribution in [0.3, 0.4) is 0 Å². The molecular formula is C28H22ClN5O2. The van der Waals surface area contributed by atoms with E-state index < -0.39 is 0 Å². The number of allylic oxidation sites excluding steroid dienone is 2. The first-order chi connectivity index (χ1) is 17.6. The number of halogens is 1. The highest BCUT2D eigenvalue weighted by Crippen LogP contribution is 2.41. The topological polar surface area (TPSA) is 65.7 Å². The maximum Gasteiger partial charge on any atom is 0.340 e. The van der Waals surface area contributed by atoms with Gasteiger partial charge in [0.05, 0.1) is 12.7 Å². The van der Waals surface area contributed by atoms with E-state index in [1.807, 2.05) is 91.1 Å². The fourth-order valence-electron chi connectivity index (χ4n) is 4.75. The Labute approximate surface area is 213 Å². The van der Waals surface area contributed by atoms with Crippen molar-refractivity contribution in [3.8, 4) is 11.3 Å². The van der Waals surface area contributed by atoms with Gasteiger partial charge in [-0.2, -0.15) is 5.01 Å². The number of carbonyl (C=O) groups excluding carboxylic acids is 1. The first kappa shape index (κ1) is 22.3. The number of hydrogen-bond donors (Lipinski definition) is 0. The van der Waals surface area contributed by atoms with Crippen molar-refractivity contribution in [2.24, 2.45) is 0 Å². The third-order valence-electron chi connectivity index (χ3n) is 6.55. The third-order valence-corrected chi connectivity index (χ3v) is 6.80. The lowest BCUT2D eigenvalue weighted by Crippen LogP contribution is -2.40. The molecular weight excluding hydrogens is 474 g/mol. The molecule has 4 aromatic rings. The number of likely N-dealkylation sites (N-methyl/N-ethyl adjacent to an activating group) is 1. The van der Waals surface area contributed by atoms with Crippen LogP contribution in [0.2, 0.25) is 5.02 Å². The first-order valence-corrected chi connectivity index (χ1v) is 11.9. The normalized spacial score (nSPS) is 17.7. The van der Waals surface area contributed by atoms with Crippen molar-refractivity contribution in [2.75, 3.05) is 7.05 Å². The second-order valence-corrected chi connectivity index (χ2v) is 9.09. The van der Waals surface area contributed by atoms with Crippen molar-refractivity contribution in [3.05, 3.63) is 119 Å². The summed E-state index contributed by atoms with van der Waals surface area (Å²) in [5, 5.41) is 8.22. The Hall–Kier alpha value is -4.20. The summed E-state index contributed by atoms with van der Waals surface area (Å²) in [6.07, 6.45) is 8.73. The molecule has 178 valence electrons. The van der Waals surface area contributed by atoms with Crippen LogP contribution >= 0.6 is 11.6 Å². The lowest BCUT2D eigenvalue weighted by Gasteiger charge is -2.33. The minimum Gasteiger partial charge on any atom is -0.356 e. The predicted molar refractivity (Wildman–Crippen MR) is 138 cm³/mol. The van der Waals surface area contributed by atoms with Crippen molar-refractivity contribution >= 4 is 28.8 Å². The molecule has 2 aliphatic heterocycles. The SMILES string of the molecule is CN1C2C(c3ccncc3)=C(c3ccc(Cl)cc3)C=CN2C(=O)N1Cc1ccc(-c2ccno2)cc1. The molecule has 0 saturated carbocycles. The van der Waals surface area contributed by atoms with E-state index >= 15 is 0 Å². The minimum atomic E-state index is -0.302. The maximum atomic E-state index is 13.6. The van der Waals surface area contributed by atoms with Crippen LogP contribution in [0, 0.1) is 0 Å². The van der Waals surface area contributed by atoms with Crippen LogP contribution in [0.4, 0.5) is 4.79 Å². The van der Waals surface area contributed by atoms with Gasteiger partial charge >= 0.3 is 6.03 Å². The van der Waals surface area contributed by atoms with Crippen LogP contribution < -0.4 is 0 Å². The number of hydrogen-bond acceptors (Lipinski definition) is 5. The van der Waals surface area contributed by atoms with Crippen LogP contribution in [0.5, 0.6) is 0 Å². The summed E-state index contributed by atoms with van der Waals surface area (Å²) in [5.41, 5.74) is 6.05. The number of rotatable bonds is 5. The smallest absolute Gasteiger partial charge is 0.340 e. The highest BCUT2D eigenvalue weighted by Gasteiger charge is 2.45. The highest BCUT2D eigenvalue weighted by atomic mass is 35.5. The van der Waals surface area contributed by atoms with Crippen molar-refractivity contribution in [1.29, 1.82) is 0 Å². The van der Waals surface area contributed by atoms with Gasteiger partial charge in [-0.25, -0.2) is 4.79 Å². The van der Waals surface area contributed by atoms with Crippen molar-refractivity contribution < 1.29 is 9.32 Å². The number of fused-ring (bicyclic) bond motifs is 1. The number of pyridine rings is 1. The molecule has 2 aromatic heterocycles. The molecule has 4 heterocycles. The van der Waals surface area contributed by atoms with Gasteiger partial charge in [-0.05, 0) is 52.6 Å². The number of aromatic nitrogens is 2. The van der Waals surface area contributed by atoms with E-state index in [-0.39, 0.29) is 12.2 Å². The molecule has 1 atom stereocenters. The fourth-order valence-corrected chi connectivity index (χ4v) is 4.87. The molecule has 0 bridgehead atoms. The Morgan fingerprint density at radius 1 is 0.889 bits per heavy atom. The van der Waals surface area contributed by atoms with Gasteiger partial charge < -0.3 is 4.52 Å². The molecule has 6 rings (SSSR count). The molecule has 1 unspecified atom stereocenters. The Balaban J connectivity index is 1.36. The van der Waals surface area contributed by atoms with E-state index in [4.69, 9.17) is 16.1 Å². The highest BCUT2D eigenvalue weighted by molar-refractivity contribution is 6.30. The molecule has 0 radical (unpaired) electrons. The second-order valence-electron chi connectivity index (χ2n) is 8.65. The van der Waals surface area contributed by atoms with E-state index in [0.717, 1.165) is 33.4 Å². The van der Waals surface area contributed by atoms with Gasteiger partial charge in [0.25, 0.3) is 0 Å². The summed E-state index contributed by atoms with van der Waals surface area (Å²) in [4.78, 5) is 19.5. The van der Waals surface area contributed by atoms with Crippen LogP contribution in [-0.4, -0.2) is 44.3 Å². The van der Waals surface area contributed by atoms with E-state index in [2.05, 4.69) is 10.1 Å². The number of urea groups is 1. The van der Waals surface area contributed by atoms with E-state index in [1.165, 1.54) is 0 Å². The largest absolute Gasteiger partial charge is 0.356 e. The number of nitrogens with zero attached hydrogens (tertiary/aromatic N) is 5. The van der Waals surface area contributed by atoms with Crippen LogP contribution in [0.15, 0.2) is 102 Å². The van der Waals surface area contributed by atoms with E-state index in [9.17, 15) is 4.79 Å². The van der Waals surface area contributed by atoms with Crippen LogP contribution in [-0.2, 0) is 6.54 Å². The molecule has 0 spiro atoms. The number of benzene rings is 2. The number of hydrazine groups is 1. The molecule has 2 aromatic carbocycles. The van der Waals surface area contributed by atoms with Gasteiger partial charge in [-0.15, -0.1) is 0 Å². The summed E-state index contributed by atoms with van der Waals surface area (Å²) >= 11 is 6.15. The van der Waals surface area contributed by atoms with Gasteiger partial charge in [0, 0.05) is 47.9 Å². The number of carbonyl (C=O) groups is 1. The van der Waals surface area contributed by atoms with Gasteiger partial charge in [0.2, 0.25) is 0 Å². The average Bonchev–Trinajstić information content (AvgIpc) is 3.54. The lowest BCUT2D eigenvalue weighted by atomic mass is 9.90. The quantitative estimate of drug-likeness (QED) is 0.343. The van der Waals surface area contributed by atoms with E-state index in [0.29, 0.717) is 17.3 Å². The molecule has 2 aliphatic rings. The molecule has 36 heavy (non-hydrogen) atoms. The molecule has 0 aliphatic carbocycles. The molecule has 8 heteroatoms. The van der Waals surface area contributed by atoms with Gasteiger partial charge in [0.1, 0.15) is 6.17 Å². The van der Waals surface area contributed by atoms with Crippen molar-refractivity contribution in [2.45, 2.75) is 12.7 Å². The molecule has 7 nitrogen and oxygen atoms in total. The van der Waals surface area contributed by atoms with Crippen LogP contribution in [0.1, 0.15) is 16.7 Å². The zero-order valence-corrected chi connectivity index (χ0v) is 20.2. The summed E-state index contributed by atoms with van der Waals surface area (Å²) < 4.78 is 5.24. The molecule has 0 N–H and O–H groups in total. The Kier molecular flexibility index (Phi) is 5.64. The fraction of sp³-hybridized carbons (Fsp3) is 0.107. The Morgan fingerprint density at radius 2 is 1.61 bits per heavy atom. The summed E-state index contributed by atoms with van der Waals surface area (Å²) in [5.74, 6) is 0.708. The zero-order valence-electron chi connectivity index (χ0n) is 19.5. The number of amides is 2. The van der Waals surface area contributed by atoms with Crippen LogP contribution in [0.25, 0.3) is 22.5 Å². The van der Waals surface area contributed by atoms with Gasteiger partial charge in [-0.1, -0.05) is 53.2 Å². The third kappa shape index (κ3) is 3.88. The van der Waals surface area contributed by atoms with Crippen molar-refractivity contribution in [1.82, 2.24) is 25.1 Å². The van der Waals surface area contributed by atoms with Gasteiger partial charge in [0.15, 0.2) is 5.76 Å². The summed E-state index contributed by atoms with van der Waals surface area (Å²) in [7, 11) is 1.95.